The van der Waals surface area contributed by atoms with Crippen molar-refractivity contribution in [1.82, 2.24) is 4.90 Å². The number of hydrogen-bond donors (Lipinski definition) is 1. The molecule has 0 amide bonds. The van der Waals surface area contributed by atoms with Gasteiger partial charge in [-0.1, -0.05) is 24.3 Å². The number of aliphatic hydroxyl groups is 1. The Kier molecular flexibility index (Phi) is 4.46. The highest BCUT2D eigenvalue weighted by molar-refractivity contribution is 5.76. The molecule has 0 saturated carbocycles. The summed E-state index contributed by atoms with van der Waals surface area (Å²) in [6.07, 6.45) is -1.20. The Hall–Kier alpha value is -1.39. The number of nitrogens with zero attached hydrogens (tertiary/aromatic N) is 1. The molecule has 88 valence electrons. The lowest BCUT2D eigenvalue weighted by molar-refractivity contribution is -0.150. The van der Waals surface area contributed by atoms with E-state index in [2.05, 4.69) is 4.74 Å². The van der Waals surface area contributed by atoms with Crippen molar-refractivity contribution in [3.63, 3.8) is 0 Å². The average molecular weight is 223 g/mol. The van der Waals surface area contributed by atoms with Crippen LogP contribution in [0, 0.1) is 0 Å². The van der Waals surface area contributed by atoms with Gasteiger partial charge in [-0.3, -0.25) is 0 Å². The lowest BCUT2D eigenvalue weighted by Gasteiger charge is -2.12. The summed E-state index contributed by atoms with van der Waals surface area (Å²) in [5, 5.41) is 9.58. The van der Waals surface area contributed by atoms with Crippen molar-refractivity contribution in [3.8, 4) is 0 Å². The molecule has 0 spiro atoms. The maximum atomic E-state index is 11.1. The van der Waals surface area contributed by atoms with Gasteiger partial charge >= 0.3 is 5.97 Å². The van der Waals surface area contributed by atoms with Gasteiger partial charge in [0.1, 0.15) is 0 Å². The summed E-state index contributed by atoms with van der Waals surface area (Å²) >= 11 is 0. The number of benzene rings is 1. The minimum Gasteiger partial charge on any atom is -0.467 e. The molecular formula is C12H17NO3. The molecule has 1 unspecified atom stereocenters. The normalized spacial score (nSPS) is 12.6. The SMILES string of the molecule is COC(=O)C(O)c1ccc(CN(C)C)cc1. The predicted octanol–water partition coefficient (Wildman–Crippen LogP) is 0.955. The zero-order chi connectivity index (χ0) is 12.1. The maximum Gasteiger partial charge on any atom is 0.339 e. The van der Waals surface area contributed by atoms with Gasteiger partial charge in [0.05, 0.1) is 7.11 Å². The Morgan fingerprint density at radius 2 is 1.94 bits per heavy atom. The van der Waals surface area contributed by atoms with E-state index in [-0.39, 0.29) is 0 Å². The third-order valence-electron chi connectivity index (χ3n) is 2.22. The molecule has 0 radical (unpaired) electrons. The first-order valence-electron chi connectivity index (χ1n) is 5.04. The maximum absolute atomic E-state index is 11.1. The number of esters is 1. The lowest BCUT2D eigenvalue weighted by atomic mass is 10.1. The topological polar surface area (TPSA) is 49.8 Å². The minimum atomic E-state index is -1.20. The summed E-state index contributed by atoms with van der Waals surface area (Å²) in [4.78, 5) is 13.1. The lowest BCUT2D eigenvalue weighted by Crippen LogP contribution is -2.14. The van der Waals surface area contributed by atoms with E-state index in [0.717, 1.165) is 12.1 Å². The number of carbonyl (C=O) groups is 1. The molecule has 1 aromatic rings. The molecule has 0 heterocycles. The van der Waals surface area contributed by atoms with Crippen LogP contribution in [0.2, 0.25) is 0 Å². The predicted molar refractivity (Wildman–Crippen MR) is 60.8 cm³/mol. The van der Waals surface area contributed by atoms with Gasteiger partial charge in [-0.05, 0) is 25.2 Å². The highest BCUT2D eigenvalue weighted by Crippen LogP contribution is 2.15. The second kappa shape index (κ2) is 5.63. The van der Waals surface area contributed by atoms with Crippen LogP contribution in [0.5, 0.6) is 0 Å². The molecule has 1 atom stereocenters. The Morgan fingerprint density at radius 1 is 1.38 bits per heavy atom. The third kappa shape index (κ3) is 3.32. The van der Waals surface area contributed by atoms with Crippen molar-refractivity contribution < 1.29 is 14.6 Å². The van der Waals surface area contributed by atoms with Crippen LogP contribution in [0.4, 0.5) is 0 Å². The van der Waals surface area contributed by atoms with Crippen LogP contribution in [0.15, 0.2) is 24.3 Å². The third-order valence-corrected chi connectivity index (χ3v) is 2.22. The number of rotatable bonds is 4. The molecule has 4 nitrogen and oxygen atoms in total. The van der Waals surface area contributed by atoms with Gasteiger partial charge in [0.15, 0.2) is 6.10 Å². The fourth-order valence-corrected chi connectivity index (χ4v) is 1.42. The van der Waals surface area contributed by atoms with Crippen molar-refractivity contribution in [1.29, 1.82) is 0 Å². The fraction of sp³-hybridized carbons (Fsp3) is 0.417. The Labute approximate surface area is 95.5 Å². The Bertz CT molecular complexity index is 346. The van der Waals surface area contributed by atoms with Crippen LogP contribution in [0.3, 0.4) is 0 Å². The largest absolute Gasteiger partial charge is 0.467 e. The number of aliphatic hydroxyl groups excluding tert-OH is 1. The van der Waals surface area contributed by atoms with Gasteiger partial charge in [0.2, 0.25) is 0 Å². The molecule has 1 N–H and O–H groups in total. The van der Waals surface area contributed by atoms with Crippen LogP contribution in [-0.2, 0) is 16.1 Å². The molecule has 0 aromatic heterocycles. The summed E-state index contributed by atoms with van der Waals surface area (Å²) < 4.78 is 4.46. The van der Waals surface area contributed by atoms with Gasteiger partial charge in [-0.2, -0.15) is 0 Å². The van der Waals surface area contributed by atoms with E-state index < -0.39 is 12.1 Å². The molecule has 0 fully saturated rings. The molecular weight excluding hydrogens is 206 g/mol. The van der Waals surface area contributed by atoms with E-state index in [4.69, 9.17) is 0 Å². The highest BCUT2D eigenvalue weighted by Gasteiger charge is 2.17. The molecule has 1 rings (SSSR count). The number of methoxy groups -OCH3 is 1. The summed E-state index contributed by atoms with van der Waals surface area (Å²) in [7, 11) is 5.22. The van der Waals surface area contributed by atoms with Gasteiger partial charge in [-0.15, -0.1) is 0 Å². The molecule has 16 heavy (non-hydrogen) atoms. The van der Waals surface area contributed by atoms with E-state index in [9.17, 15) is 9.90 Å². The van der Waals surface area contributed by atoms with E-state index in [1.807, 2.05) is 31.1 Å². The van der Waals surface area contributed by atoms with Gasteiger partial charge < -0.3 is 14.7 Å². The van der Waals surface area contributed by atoms with Gasteiger partial charge in [0.25, 0.3) is 0 Å². The zero-order valence-corrected chi connectivity index (χ0v) is 9.80. The summed E-state index contributed by atoms with van der Waals surface area (Å²) in [6, 6.07) is 7.25. The Morgan fingerprint density at radius 3 is 2.38 bits per heavy atom. The first kappa shape index (κ1) is 12.7. The quantitative estimate of drug-likeness (QED) is 0.772. The average Bonchev–Trinajstić information content (AvgIpc) is 2.27. The van der Waals surface area contributed by atoms with Crippen molar-refractivity contribution in [2.75, 3.05) is 21.2 Å². The zero-order valence-electron chi connectivity index (χ0n) is 9.80. The van der Waals surface area contributed by atoms with E-state index >= 15 is 0 Å². The Balaban J connectivity index is 2.74. The fourth-order valence-electron chi connectivity index (χ4n) is 1.42. The first-order valence-corrected chi connectivity index (χ1v) is 5.04. The summed E-state index contributed by atoms with van der Waals surface area (Å²) in [5.41, 5.74) is 1.68. The van der Waals surface area contributed by atoms with Crippen molar-refractivity contribution in [3.05, 3.63) is 35.4 Å². The highest BCUT2D eigenvalue weighted by atomic mass is 16.5. The molecule has 1 aromatic carbocycles. The minimum absolute atomic E-state index is 0.550. The van der Waals surface area contributed by atoms with E-state index in [1.54, 1.807) is 12.1 Å². The molecule has 0 bridgehead atoms. The second-order valence-electron chi connectivity index (χ2n) is 3.91. The number of carbonyl (C=O) groups excluding carboxylic acids is 1. The molecule has 0 aliphatic rings. The first-order chi connectivity index (χ1) is 7.54. The number of hydrogen-bond acceptors (Lipinski definition) is 4. The monoisotopic (exact) mass is 223 g/mol. The molecule has 0 saturated heterocycles. The standard InChI is InChI=1S/C12H17NO3/c1-13(2)8-9-4-6-10(7-5-9)11(14)12(15)16-3/h4-7,11,14H,8H2,1-3H3. The van der Waals surface area contributed by atoms with Crippen LogP contribution < -0.4 is 0 Å². The smallest absolute Gasteiger partial charge is 0.339 e. The summed E-state index contributed by atoms with van der Waals surface area (Å²) in [6.45, 7) is 0.828. The van der Waals surface area contributed by atoms with Crippen LogP contribution in [-0.4, -0.2) is 37.2 Å². The van der Waals surface area contributed by atoms with Gasteiger partial charge in [0, 0.05) is 6.54 Å². The van der Waals surface area contributed by atoms with Crippen LogP contribution in [0.25, 0.3) is 0 Å². The number of ether oxygens (including phenoxy) is 1. The molecule has 0 aliphatic heterocycles. The van der Waals surface area contributed by atoms with E-state index in [1.165, 1.54) is 7.11 Å². The van der Waals surface area contributed by atoms with Gasteiger partial charge in [-0.25, -0.2) is 4.79 Å². The summed E-state index contributed by atoms with van der Waals surface area (Å²) in [5.74, 6) is -0.639. The van der Waals surface area contributed by atoms with Crippen molar-refractivity contribution in [2.45, 2.75) is 12.6 Å². The van der Waals surface area contributed by atoms with E-state index in [0.29, 0.717) is 5.56 Å². The van der Waals surface area contributed by atoms with Crippen molar-refractivity contribution >= 4 is 5.97 Å². The second-order valence-corrected chi connectivity index (χ2v) is 3.91. The molecule has 0 aliphatic carbocycles. The molecule has 4 heteroatoms. The van der Waals surface area contributed by atoms with Crippen LogP contribution in [0.1, 0.15) is 17.2 Å². The van der Waals surface area contributed by atoms with Crippen molar-refractivity contribution in [2.24, 2.45) is 0 Å². The van der Waals surface area contributed by atoms with Crippen LogP contribution >= 0.6 is 0 Å².